The molecular weight excluding hydrogens is 363 g/mol. The number of anilines is 1. The quantitative estimate of drug-likeness (QED) is 0.567. The van der Waals surface area contributed by atoms with Gasteiger partial charge in [-0.05, 0) is 59.7 Å². The van der Waals surface area contributed by atoms with Gasteiger partial charge in [-0.1, -0.05) is 35.9 Å². The Kier molecular flexibility index (Phi) is 4.82. The Morgan fingerprint density at radius 1 is 0.963 bits per heavy atom. The van der Waals surface area contributed by atoms with Crippen molar-refractivity contribution in [3.8, 4) is 5.75 Å². The summed E-state index contributed by atoms with van der Waals surface area (Å²) in [7, 11) is 1.65. The SMILES string of the molecule is COc1ccc(C2CC(c3ccc(F)cc3)=NN2c2ccc(Cl)cc2)cc1. The highest BCUT2D eigenvalue weighted by Crippen LogP contribution is 2.37. The van der Waals surface area contributed by atoms with Crippen molar-refractivity contribution in [1.82, 2.24) is 0 Å². The molecule has 5 heteroatoms. The van der Waals surface area contributed by atoms with Crippen molar-refractivity contribution in [2.75, 3.05) is 12.1 Å². The van der Waals surface area contributed by atoms with E-state index < -0.39 is 0 Å². The van der Waals surface area contributed by atoms with Gasteiger partial charge in [-0.25, -0.2) is 4.39 Å². The van der Waals surface area contributed by atoms with Crippen LogP contribution in [-0.4, -0.2) is 12.8 Å². The monoisotopic (exact) mass is 380 g/mol. The van der Waals surface area contributed by atoms with Crippen LogP contribution >= 0.6 is 11.6 Å². The number of hydrogen-bond donors (Lipinski definition) is 0. The molecule has 0 spiro atoms. The first-order valence-electron chi connectivity index (χ1n) is 8.66. The summed E-state index contributed by atoms with van der Waals surface area (Å²) in [4.78, 5) is 0. The summed E-state index contributed by atoms with van der Waals surface area (Å²) < 4.78 is 18.6. The lowest BCUT2D eigenvalue weighted by molar-refractivity contribution is 0.414. The van der Waals surface area contributed by atoms with Crippen LogP contribution in [0.25, 0.3) is 0 Å². The average molecular weight is 381 g/mol. The third-order valence-electron chi connectivity index (χ3n) is 4.68. The molecule has 1 atom stereocenters. The second-order valence-electron chi connectivity index (χ2n) is 6.37. The van der Waals surface area contributed by atoms with Gasteiger partial charge in [-0.3, -0.25) is 5.01 Å². The minimum Gasteiger partial charge on any atom is -0.497 e. The highest BCUT2D eigenvalue weighted by atomic mass is 35.5. The molecule has 3 aromatic rings. The lowest BCUT2D eigenvalue weighted by Gasteiger charge is -2.24. The molecule has 0 bridgehead atoms. The fraction of sp³-hybridized carbons (Fsp3) is 0.136. The molecule has 0 amide bonds. The molecule has 4 rings (SSSR count). The molecular formula is C22H18ClFN2O. The van der Waals surface area contributed by atoms with E-state index in [-0.39, 0.29) is 11.9 Å². The Labute approximate surface area is 162 Å². The van der Waals surface area contributed by atoms with Gasteiger partial charge in [-0.15, -0.1) is 0 Å². The van der Waals surface area contributed by atoms with Crippen LogP contribution in [0.3, 0.4) is 0 Å². The molecule has 0 fully saturated rings. The van der Waals surface area contributed by atoms with Gasteiger partial charge in [0.1, 0.15) is 11.6 Å². The van der Waals surface area contributed by atoms with Crippen LogP contribution in [0, 0.1) is 5.82 Å². The fourth-order valence-corrected chi connectivity index (χ4v) is 3.37. The van der Waals surface area contributed by atoms with Gasteiger partial charge in [0.2, 0.25) is 0 Å². The number of halogens is 2. The van der Waals surface area contributed by atoms with Gasteiger partial charge >= 0.3 is 0 Å². The molecule has 0 aliphatic carbocycles. The molecule has 1 unspecified atom stereocenters. The second kappa shape index (κ2) is 7.41. The van der Waals surface area contributed by atoms with Gasteiger partial charge in [0.15, 0.2) is 0 Å². The Morgan fingerprint density at radius 2 is 1.63 bits per heavy atom. The summed E-state index contributed by atoms with van der Waals surface area (Å²) in [5.74, 6) is 0.563. The molecule has 1 aliphatic rings. The lowest BCUT2D eigenvalue weighted by atomic mass is 9.98. The van der Waals surface area contributed by atoms with Crippen LogP contribution in [0.15, 0.2) is 77.9 Å². The van der Waals surface area contributed by atoms with E-state index in [2.05, 4.69) is 12.1 Å². The van der Waals surface area contributed by atoms with E-state index in [9.17, 15) is 4.39 Å². The zero-order chi connectivity index (χ0) is 18.8. The molecule has 0 aromatic heterocycles. The normalized spacial score (nSPS) is 16.3. The van der Waals surface area contributed by atoms with Gasteiger partial charge in [0.25, 0.3) is 0 Å². The Hall–Kier alpha value is -2.85. The van der Waals surface area contributed by atoms with Crippen molar-refractivity contribution < 1.29 is 9.13 Å². The number of ether oxygens (including phenoxy) is 1. The third kappa shape index (κ3) is 3.67. The van der Waals surface area contributed by atoms with E-state index in [4.69, 9.17) is 21.4 Å². The molecule has 3 nitrogen and oxygen atoms in total. The van der Waals surface area contributed by atoms with Gasteiger partial charge in [-0.2, -0.15) is 5.10 Å². The third-order valence-corrected chi connectivity index (χ3v) is 4.93. The van der Waals surface area contributed by atoms with Crippen molar-refractivity contribution in [2.45, 2.75) is 12.5 Å². The summed E-state index contributed by atoms with van der Waals surface area (Å²) in [6.45, 7) is 0. The molecule has 0 radical (unpaired) electrons. The van der Waals surface area contributed by atoms with Crippen LogP contribution in [0.5, 0.6) is 5.75 Å². The highest BCUT2D eigenvalue weighted by molar-refractivity contribution is 6.30. The molecule has 3 aromatic carbocycles. The van der Waals surface area contributed by atoms with Crippen LogP contribution in [0.1, 0.15) is 23.6 Å². The minimum atomic E-state index is -0.251. The van der Waals surface area contributed by atoms with E-state index >= 15 is 0 Å². The highest BCUT2D eigenvalue weighted by Gasteiger charge is 2.30. The van der Waals surface area contributed by atoms with Gasteiger partial charge in [0, 0.05) is 11.4 Å². The standard InChI is InChI=1S/C22H18ClFN2O/c1-27-20-12-4-16(5-13-20)22-14-21(15-2-8-18(24)9-3-15)25-26(22)19-10-6-17(23)7-11-19/h2-13,22H,14H2,1H3. The van der Waals surface area contributed by atoms with Crippen LogP contribution < -0.4 is 9.75 Å². The van der Waals surface area contributed by atoms with Crippen LogP contribution in [-0.2, 0) is 0 Å². The number of nitrogens with zero attached hydrogens (tertiary/aromatic N) is 2. The van der Waals surface area contributed by atoms with E-state index in [0.29, 0.717) is 5.02 Å². The predicted molar refractivity (Wildman–Crippen MR) is 107 cm³/mol. The summed E-state index contributed by atoms with van der Waals surface area (Å²) >= 11 is 6.04. The van der Waals surface area contributed by atoms with E-state index in [1.54, 1.807) is 19.2 Å². The largest absolute Gasteiger partial charge is 0.497 e. The smallest absolute Gasteiger partial charge is 0.123 e. The summed E-state index contributed by atoms with van der Waals surface area (Å²) in [5, 5.41) is 7.52. The van der Waals surface area contributed by atoms with Crippen molar-refractivity contribution in [3.05, 3.63) is 94.8 Å². The summed E-state index contributed by atoms with van der Waals surface area (Å²) in [6.07, 6.45) is 0.723. The van der Waals surface area contributed by atoms with E-state index in [1.807, 2.05) is 41.4 Å². The Morgan fingerprint density at radius 3 is 2.26 bits per heavy atom. The number of hydrogen-bond acceptors (Lipinski definition) is 3. The second-order valence-corrected chi connectivity index (χ2v) is 6.80. The van der Waals surface area contributed by atoms with E-state index in [1.165, 1.54) is 12.1 Å². The van der Waals surface area contributed by atoms with Crippen molar-refractivity contribution in [2.24, 2.45) is 5.10 Å². The van der Waals surface area contributed by atoms with Crippen molar-refractivity contribution in [1.29, 1.82) is 0 Å². The topological polar surface area (TPSA) is 24.8 Å². The molecule has 0 N–H and O–H groups in total. The molecule has 0 saturated heterocycles. The first kappa shape index (κ1) is 17.6. The van der Waals surface area contributed by atoms with Gasteiger partial charge in [0.05, 0.1) is 24.6 Å². The maximum Gasteiger partial charge on any atom is 0.123 e. The maximum atomic E-state index is 13.3. The average Bonchev–Trinajstić information content (AvgIpc) is 3.14. The number of methoxy groups -OCH3 is 1. The Balaban J connectivity index is 1.72. The Bertz CT molecular complexity index is 953. The zero-order valence-corrected chi connectivity index (χ0v) is 15.5. The van der Waals surface area contributed by atoms with Crippen LogP contribution in [0.4, 0.5) is 10.1 Å². The first-order chi connectivity index (χ1) is 13.1. The first-order valence-corrected chi connectivity index (χ1v) is 9.04. The van der Waals surface area contributed by atoms with E-state index in [0.717, 1.165) is 34.7 Å². The van der Waals surface area contributed by atoms with Crippen LogP contribution in [0.2, 0.25) is 5.02 Å². The summed E-state index contributed by atoms with van der Waals surface area (Å²) in [6, 6.07) is 22.1. The van der Waals surface area contributed by atoms with Crippen molar-refractivity contribution in [3.63, 3.8) is 0 Å². The zero-order valence-electron chi connectivity index (χ0n) is 14.8. The fourth-order valence-electron chi connectivity index (χ4n) is 3.24. The molecule has 0 saturated carbocycles. The minimum absolute atomic E-state index is 0.0390. The molecule has 1 heterocycles. The predicted octanol–water partition coefficient (Wildman–Crippen LogP) is 5.84. The molecule has 1 aliphatic heterocycles. The maximum absolute atomic E-state index is 13.3. The molecule has 136 valence electrons. The van der Waals surface area contributed by atoms with Crippen molar-refractivity contribution >= 4 is 23.0 Å². The lowest BCUT2D eigenvalue weighted by Crippen LogP contribution is -2.18. The van der Waals surface area contributed by atoms with Gasteiger partial charge < -0.3 is 4.74 Å². The summed E-state index contributed by atoms with van der Waals surface area (Å²) in [5.41, 5.74) is 3.93. The number of rotatable bonds is 4. The number of benzene rings is 3. The number of hydrazone groups is 1. The molecule has 27 heavy (non-hydrogen) atoms.